The molecule has 4 nitrogen and oxygen atoms in total. The van der Waals surface area contributed by atoms with Crippen molar-refractivity contribution in [1.29, 1.82) is 5.26 Å². The van der Waals surface area contributed by atoms with Gasteiger partial charge < -0.3 is 9.13 Å². The molecule has 0 atom stereocenters. The van der Waals surface area contributed by atoms with E-state index in [1.54, 1.807) is 6.33 Å². The fourth-order valence-electron chi connectivity index (χ4n) is 2.11. The smallest absolute Gasteiger partial charge is 0.0992 e. The fourth-order valence-corrected chi connectivity index (χ4v) is 2.11. The lowest BCUT2D eigenvalue weighted by atomic mass is 10.2. The molecule has 0 fully saturated rings. The van der Waals surface area contributed by atoms with Crippen molar-refractivity contribution in [3.63, 3.8) is 0 Å². The third-order valence-electron chi connectivity index (χ3n) is 2.99. The van der Waals surface area contributed by atoms with Gasteiger partial charge in [-0.1, -0.05) is 6.07 Å². The van der Waals surface area contributed by atoms with Crippen molar-refractivity contribution >= 4 is 10.9 Å². The number of imidazole rings is 1. The molecule has 0 aliphatic rings. The number of hydrogen-bond donors (Lipinski definition) is 0. The monoisotopic (exact) mass is 236 g/mol. The predicted molar refractivity (Wildman–Crippen MR) is 69.0 cm³/mol. The van der Waals surface area contributed by atoms with Gasteiger partial charge >= 0.3 is 0 Å². The van der Waals surface area contributed by atoms with Gasteiger partial charge in [-0.2, -0.15) is 5.26 Å². The van der Waals surface area contributed by atoms with Gasteiger partial charge in [-0.3, -0.25) is 0 Å². The maximum Gasteiger partial charge on any atom is 0.0992 e. The Bertz CT molecular complexity index is 743. The largest absolute Gasteiger partial charge is 0.341 e. The zero-order chi connectivity index (χ0) is 12.5. The van der Waals surface area contributed by atoms with Gasteiger partial charge in [-0.15, -0.1) is 0 Å². The summed E-state index contributed by atoms with van der Waals surface area (Å²) in [6.45, 7) is 0.721. The van der Waals surface area contributed by atoms with Crippen LogP contribution in [0.25, 0.3) is 10.9 Å². The molecule has 18 heavy (non-hydrogen) atoms. The van der Waals surface area contributed by atoms with Crippen LogP contribution in [0.4, 0.5) is 0 Å². The molecule has 2 heterocycles. The number of hydrogen-bond acceptors (Lipinski definition) is 2. The van der Waals surface area contributed by atoms with Crippen molar-refractivity contribution < 1.29 is 0 Å². The topological polar surface area (TPSA) is 46.5 Å². The maximum absolute atomic E-state index is 8.94. The molecule has 1 aromatic carbocycles. The second kappa shape index (κ2) is 4.04. The quantitative estimate of drug-likeness (QED) is 0.685. The van der Waals surface area contributed by atoms with Crippen molar-refractivity contribution in [2.75, 3.05) is 0 Å². The highest BCUT2D eigenvalue weighted by Gasteiger charge is 2.04. The Kier molecular flexibility index (Phi) is 2.38. The first-order valence-electron chi connectivity index (χ1n) is 5.72. The Morgan fingerprint density at radius 1 is 1.33 bits per heavy atom. The van der Waals surface area contributed by atoms with Crippen LogP contribution in [0.2, 0.25) is 0 Å². The molecule has 4 heteroatoms. The lowest BCUT2D eigenvalue weighted by Gasteiger charge is -2.03. The van der Waals surface area contributed by atoms with Crippen molar-refractivity contribution in [2.45, 2.75) is 6.54 Å². The molecule has 0 N–H and O–H groups in total. The maximum atomic E-state index is 8.94. The summed E-state index contributed by atoms with van der Waals surface area (Å²) in [5.74, 6) is 0. The zero-order valence-electron chi connectivity index (χ0n) is 10.0. The third-order valence-corrected chi connectivity index (χ3v) is 2.99. The van der Waals surface area contributed by atoms with E-state index >= 15 is 0 Å². The van der Waals surface area contributed by atoms with Crippen LogP contribution in [0.3, 0.4) is 0 Å². The van der Waals surface area contributed by atoms with E-state index in [0.29, 0.717) is 5.56 Å². The standard InChI is InChI=1S/C14H12N4/c1-17-8-13(16-10-17)9-18-5-4-12-3-2-11(7-15)6-14(12)18/h2-6,8,10H,9H2,1H3. The molecule has 3 rings (SSSR count). The number of nitrogens with zero attached hydrogens (tertiary/aromatic N) is 4. The first kappa shape index (κ1) is 10.6. The van der Waals surface area contributed by atoms with Gasteiger partial charge in [-0.05, 0) is 23.6 Å². The summed E-state index contributed by atoms with van der Waals surface area (Å²) in [7, 11) is 1.96. The van der Waals surface area contributed by atoms with Crippen LogP contribution < -0.4 is 0 Å². The molecule has 0 aliphatic heterocycles. The van der Waals surface area contributed by atoms with Crippen LogP contribution in [-0.2, 0) is 13.6 Å². The molecule has 0 amide bonds. The Labute approximate surface area is 105 Å². The van der Waals surface area contributed by atoms with Gasteiger partial charge in [0.25, 0.3) is 0 Å². The minimum Gasteiger partial charge on any atom is -0.341 e. The minimum absolute atomic E-state index is 0.684. The van der Waals surface area contributed by atoms with Gasteiger partial charge in [0.2, 0.25) is 0 Å². The first-order chi connectivity index (χ1) is 8.76. The molecule has 0 radical (unpaired) electrons. The highest BCUT2D eigenvalue weighted by molar-refractivity contribution is 5.81. The van der Waals surface area contributed by atoms with Gasteiger partial charge in [0.15, 0.2) is 0 Å². The number of benzene rings is 1. The molecular formula is C14H12N4. The molecule has 0 saturated carbocycles. The summed E-state index contributed by atoms with van der Waals surface area (Å²) in [5.41, 5.74) is 2.76. The highest BCUT2D eigenvalue weighted by Crippen LogP contribution is 2.18. The average molecular weight is 236 g/mol. The molecule has 0 saturated heterocycles. The van der Waals surface area contributed by atoms with Gasteiger partial charge in [-0.25, -0.2) is 4.98 Å². The summed E-state index contributed by atoms with van der Waals surface area (Å²) in [5, 5.41) is 10.1. The second-order valence-corrected chi connectivity index (χ2v) is 4.36. The van der Waals surface area contributed by atoms with Crippen molar-refractivity contribution in [2.24, 2.45) is 7.05 Å². The van der Waals surface area contributed by atoms with E-state index in [2.05, 4.69) is 21.7 Å². The van der Waals surface area contributed by atoms with Crippen LogP contribution in [0.15, 0.2) is 43.0 Å². The Hall–Kier alpha value is -2.54. The zero-order valence-corrected chi connectivity index (χ0v) is 10.0. The number of fused-ring (bicyclic) bond motifs is 1. The van der Waals surface area contributed by atoms with Gasteiger partial charge in [0, 0.05) is 25.0 Å². The Morgan fingerprint density at radius 2 is 2.22 bits per heavy atom. The van der Waals surface area contributed by atoms with E-state index in [0.717, 1.165) is 23.1 Å². The normalized spacial score (nSPS) is 10.7. The second-order valence-electron chi connectivity index (χ2n) is 4.36. The van der Waals surface area contributed by atoms with Crippen molar-refractivity contribution in [1.82, 2.24) is 14.1 Å². The third kappa shape index (κ3) is 1.76. The summed E-state index contributed by atoms with van der Waals surface area (Å²) in [6.07, 6.45) is 5.82. The number of nitriles is 1. The number of aromatic nitrogens is 3. The molecule has 0 unspecified atom stereocenters. The van der Waals surface area contributed by atoms with Crippen molar-refractivity contribution in [3.8, 4) is 6.07 Å². The summed E-state index contributed by atoms with van der Waals surface area (Å²) >= 11 is 0. The van der Waals surface area contributed by atoms with Gasteiger partial charge in [0.1, 0.15) is 0 Å². The van der Waals surface area contributed by atoms with Crippen LogP contribution in [0.1, 0.15) is 11.3 Å². The van der Waals surface area contributed by atoms with E-state index in [4.69, 9.17) is 5.26 Å². The Morgan fingerprint density at radius 3 is 2.94 bits per heavy atom. The van der Waals surface area contributed by atoms with Crippen LogP contribution >= 0.6 is 0 Å². The molecular weight excluding hydrogens is 224 g/mol. The van der Waals surface area contributed by atoms with Crippen LogP contribution in [0, 0.1) is 11.3 Å². The average Bonchev–Trinajstić information content (AvgIpc) is 2.96. The predicted octanol–water partition coefficient (Wildman–Crippen LogP) is 2.29. The van der Waals surface area contributed by atoms with E-state index in [1.165, 1.54) is 0 Å². The Balaban J connectivity index is 2.04. The molecule has 3 aromatic rings. The SMILES string of the molecule is Cn1cnc(Cn2ccc3ccc(C#N)cc32)c1. The molecule has 2 aromatic heterocycles. The number of aryl methyl sites for hydroxylation is 1. The summed E-state index contributed by atoms with van der Waals surface area (Å²) < 4.78 is 4.04. The summed E-state index contributed by atoms with van der Waals surface area (Å²) in [4.78, 5) is 4.32. The molecule has 0 spiro atoms. The van der Waals surface area contributed by atoms with Crippen LogP contribution in [-0.4, -0.2) is 14.1 Å². The van der Waals surface area contributed by atoms with Crippen molar-refractivity contribution in [3.05, 3.63) is 54.2 Å². The lowest BCUT2D eigenvalue weighted by molar-refractivity contribution is 0.812. The van der Waals surface area contributed by atoms with Crippen LogP contribution in [0.5, 0.6) is 0 Å². The highest BCUT2D eigenvalue weighted by atomic mass is 15.0. The number of rotatable bonds is 2. The van der Waals surface area contributed by atoms with E-state index in [-0.39, 0.29) is 0 Å². The first-order valence-corrected chi connectivity index (χ1v) is 5.72. The molecule has 0 bridgehead atoms. The molecule has 88 valence electrons. The fraction of sp³-hybridized carbons (Fsp3) is 0.143. The summed E-state index contributed by atoms with van der Waals surface area (Å²) in [6, 6.07) is 9.96. The minimum atomic E-state index is 0.684. The van der Waals surface area contributed by atoms with Gasteiger partial charge in [0.05, 0.1) is 30.2 Å². The lowest BCUT2D eigenvalue weighted by Crippen LogP contribution is -1.98. The van der Waals surface area contributed by atoms with E-state index in [9.17, 15) is 0 Å². The van der Waals surface area contributed by atoms with E-state index < -0.39 is 0 Å². The molecule has 0 aliphatic carbocycles. The van der Waals surface area contributed by atoms with E-state index in [1.807, 2.05) is 42.2 Å².